The molecule has 0 unspecified atom stereocenters. The number of aliphatic hydroxyl groups excluding tert-OH is 2. The standard InChI is InChI=1S/C14H20O3/c15-8-12-6-14(16)7-13(12)10-17-9-11-4-2-1-3-5-11/h1-5,12-16H,6-10H2/t12-,13-,14+/m1/s1. The van der Waals surface area contributed by atoms with Crippen LogP contribution in [0.2, 0.25) is 0 Å². The zero-order valence-corrected chi connectivity index (χ0v) is 9.96. The molecule has 0 spiro atoms. The van der Waals surface area contributed by atoms with Gasteiger partial charge in [-0.3, -0.25) is 0 Å². The molecule has 3 heteroatoms. The molecular weight excluding hydrogens is 216 g/mol. The fourth-order valence-corrected chi connectivity index (χ4v) is 2.51. The summed E-state index contributed by atoms with van der Waals surface area (Å²) in [6.07, 6.45) is 1.19. The third-order valence-corrected chi connectivity index (χ3v) is 3.49. The van der Waals surface area contributed by atoms with Gasteiger partial charge in [-0.1, -0.05) is 30.3 Å². The first-order valence-corrected chi connectivity index (χ1v) is 6.20. The maximum Gasteiger partial charge on any atom is 0.0717 e. The van der Waals surface area contributed by atoms with Crippen molar-refractivity contribution in [2.45, 2.75) is 25.6 Å². The van der Waals surface area contributed by atoms with Gasteiger partial charge >= 0.3 is 0 Å². The van der Waals surface area contributed by atoms with Crippen LogP contribution >= 0.6 is 0 Å². The molecule has 0 bridgehead atoms. The number of rotatable bonds is 5. The van der Waals surface area contributed by atoms with E-state index in [4.69, 9.17) is 4.74 Å². The quantitative estimate of drug-likeness (QED) is 0.816. The van der Waals surface area contributed by atoms with Gasteiger partial charge in [0.25, 0.3) is 0 Å². The van der Waals surface area contributed by atoms with Gasteiger partial charge in [0.05, 0.1) is 19.3 Å². The zero-order chi connectivity index (χ0) is 12.1. The third-order valence-electron chi connectivity index (χ3n) is 3.49. The molecule has 0 amide bonds. The molecule has 1 saturated carbocycles. The van der Waals surface area contributed by atoms with Crippen LogP contribution in [-0.4, -0.2) is 29.5 Å². The van der Waals surface area contributed by atoms with Gasteiger partial charge in [-0.15, -0.1) is 0 Å². The lowest BCUT2D eigenvalue weighted by Gasteiger charge is -2.16. The van der Waals surface area contributed by atoms with Crippen molar-refractivity contribution in [1.29, 1.82) is 0 Å². The van der Waals surface area contributed by atoms with Gasteiger partial charge in [0.2, 0.25) is 0 Å². The molecule has 1 aliphatic rings. The summed E-state index contributed by atoms with van der Waals surface area (Å²) in [5.41, 5.74) is 1.16. The summed E-state index contributed by atoms with van der Waals surface area (Å²) in [4.78, 5) is 0. The molecule has 0 heterocycles. The van der Waals surface area contributed by atoms with E-state index in [-0.39, 0.29) is 18.6 Å². The predicted molar refractivity (Wildman–Crippen MR) is 65.4 cm³/mol. The summed E-state index contributed by atoms with van der Waals surface area (Å²) >= 11 is 0. The van der Waals surface area contributed by atoms with Gasteiger partial charge < -0.3 is 14.9 Å². The van der Waals surface area contributed by atoms with Crippen LogP contribution in [-0.2, 0) is 11.3 Å². The van der Waals surface area contributed by atoms with E-state index in [0.717, 1.165) is 12.0 Å². The molecule has 1 aromatic carbocycles. The lowest BCUT2D eigenvalue weighted by atomic mass is 9.98. The van der Waals surface area contributed by atoms with Gasteiger partial charge in [-0.2, -0.15) is 0 Å². The van der Waals surface area contributed by atoms with Crippen molar-refractivity contribution in [3.8, 4) is 0 Å². The summed E-state index contributed by atoms with van der Waals surface area (Å²) in [7, 11) is 0. The summed E-state index contributed by atoms with van der Waals surface area (Å²) in [5.74, 6) is 0.486. The maximum absolute atomic E-state index is 9.55. The maximum atomic E-state index is 9.55. The molecule has 3 nitrogen and oxygen atoms in total. The van der Waals surface area contributed by atoms with E-state index in [1.807, 2.05) is 30.3 Å². The van der Waals surface area contributed by atoms with Crippen molar-refractivity contribution >= 4 is 0 Å². The second kappa shape index (κ2) is 6.15. The van der Waals surface area contributed by atoms with Gasteiger partial charge in [-0.05, 0) is 30.2 Å². The van der Waals surface area contributed by atoms with E-state index in [1.54, 1.807) is 0 Å². The second-order valence-electron chi connectivity index (χ2n) is 4.83. The van der Waals surface area contributed by atoms with Gasteiger partial charge in [0.1, 0.15) is 0 Å². The van der Waals surface area contributed by atoms with Crippen molar-refractivity contribution in [2.24, 2.45) is 11.8 Å². The fraction of sp³-hybridized carbons (Fsp3) is 0.571. The van der Waals surface area contributed by atoms with Crippen LogP contribution in [0.4, 0.5) is 0 Å². The van der Waals surface area contributed by atoms with Crippen molar-refractivity contribution in [1.82, 2.24) is 0 Å². The van der Waals surface area contributed by atoms with Gasteiger partial charge in [0, 0.05) is 6.61 Å². The number of hydrogen-bond donors (Lipinski definition) is 2. The minimum atomic E-state index is -0.266. The first-order chi connectivity index (χ1) is 8.29. The summed E-state index contributed by atoms with van der Waals surface area (Å²) in [6.45, 7) is 1.37. The van der Waals surface area contributed by atoms with E-state index in [0.29, 0.717) is 25.6 Å². The molecule has 94 valence electrons. The van der Waals surface area contributed by atoms with Crippen LogP contribution < -0.4 is 0 Å². The second-order valence-corrected chi connectivity index (χ2v) is 4.83. The van der Waals surface area contributed by atoms with Crippen molar-refractivity contribution in [3.05, 3.63) is 35.9 Å². The van der Waals surface area contributed by atoms with Crippen LogP contribution in [0.1, 0.15) is 18.4 Å². The molecule has 3 atom stereocenters. The molecule has 1 aliphatic carbocycles. The van der Waals surface area contributed by atoms with Gasteiger partial charge in [0.15, 0.2) is 0 Å². The van der Waals surface area contributed by atoms with E-state index in [9.17, 15) is 10.2 Å². The Bertz CT molecular complexity index is 325. The molecule has 2 N–H and O–H groups in total. The van der Waals surface area contributed by atoms with Crippen LogP contribution in [0.25, 0.3) is 0 Å². The normalized spacial score (nSPS) is 28.5. The van der Waals surface area contributed by atoms with Crippen molar-refractivity contribution in [2.75, 3.05) is 13.2 Å². The highest BCUT2D eigenvalue weighted by Gasteiger charge is 2.32. The molecular formula is C14H20O3. The first kappa shape index (κ1) is 12.6. The van der Waals surface area contributed by atoms with Crippen LogP contribution in [0.15, 0.2) is 30.3 Å². The average molecular weight is 236 g/mol. The Morgan fingerprint density at radius 2 is 1.82 bits per heavy atom. The number of aliphatic hydroxyl groups is 2. The van der Waals surface area contributed by atoms with Crippen LogP contribution in [0.5, 0.6) is 0 Å². The molecule has 17 heavy (non-hydrogen) atoms. The molecule has 0 radical (unpaired) electrons. The fourth-order valence-electron chi connectivity index (χ4n) is 2.51. The lowest BCUT2D eigenvalue weighted by Crippen LogP contribution is -2.17. The molecule has 0 aliphatic heterocycles. The largest absolute Gasteiger partial charge is 0.396 e. The topological polar surface area (TPSA) is 49.7 Å². The Hall–Kier alpha value is -0.900. The van der Waals surface area contributed by atoms with E-state index in [1.165, 1.54) is 0 Å². The number of hydrogen-bond acceptors (Lipinski definition) is 3. The molecule has 0 aromatic heterocycles. The minimum Gasteiger partial charge on any atom is -0.396 e. The van der Waals surface area contributed by atoms with Crippen LogP contribution in [0, 0.1) is 11.8 Å². The number of benzene rings is 1. The Kier molecular flexibility index (Phi) is 4.54. The van der Waals surface area contributed by atoms with Crippen LogP contribution in [0.3, 0.4) is 0 Å². The summed E-state index contributed by atoms with van der Waals surface area (Å²) in [6, 6.07) is 10.0. The van der Waals surface area contributed by atoms with E-state index < -0.39 is 0 Å². The van der Waals surface area contributed by atoms with Crippen molar-refractivity contribution in [3.63, 3.8) is 0 Å². The third kappa shape index (κ3) is 3.53. The Labute approximate surface area is 102 Å². The molecule has 2 rings (SSSR count). The first-order valence-electron chi connectivity index (χ1n) is 6.20. The molecule has 1 fully saturated rings. The summed E-state index contributed by atoms with van der Waals surface area (Å²) < 4.78 is 5.66. The Balaban J connectivity index is 1.75. The van der Waals surface area contributed by atoms with E-state index in [2.05, 4.69) is 0 Å². The van der Waals surface area contributed by atoms with Crippen molar-refractivity contribution < 1.29 is 14.9 Å². The lowest BCUT2D eigenvalue weighted by molar-refractivity contribution is 0.0597. The average Bonchev–Trinajstić information content (AvgIpc) is 2.71. The number of ether oxygens (including phenoxy) is 1. The Morgan fingerprint density at radius 3 is 2.53 bits per heavy atom. The van der Waals surface area contributed by atoms with Gasteiger partial charge in [-0.25, -0.2) is 0 Å². The molecule has 0 saturated heterocycles. The SMILES string of the molecule is OC[C@H]1C[C@H](O)C[C@@H]1COCc1ccccc1. The van der Waals surface area contributed by atoms with E-state index >= 15 is 0 Å². The molecule has 1 aromatic rings. The highest BCUT2D eigenvalue weighted by atomic mass is 16.5. The highest BCUT2D eigenvalue weighted by molar-refractivity contribution is 5.13. The smallest absolute Gasteiger partial charge is 0.0717 e. The predicted octanol–water partition coefficient (Wildman–Crippen LogP) is 1.58. The minimum absolute atomic E-state index is 0.149. The highest BCUT2D eigenvalue weighted by Crippen LogP contribution is 2.31. The monoisotopic (exact) mass is 236 g/mol. The zero-order valence-electron chi connectivity index (χ0n) is 9.96. The summed E-state index contributed by atoms with van der Waals surface area (Å²) in [5, 5.41) is 18.8. The Morgan fingerprint density at radius 1 is 1.12 bits per heavy atom.